The number of carbonyl (C=O) groups excluding carboxylic acids is 2. The molecular weight excluding hydrogens is 290 g/mol. The molecule has 6 heteroatoms. The third kappa shape index (κ3) is 2.30. The van der Waals surface area contributed by atoms with E-state index in [9.17, 15) is 9.59 Å². The van der Waals surface area contributed by atoms with Gasteiger partial charge in [0, 0.05) is 17.6 Å². The molecule has 21 heavy (non-hydrogen) atoms. The van der Waals surface area contributed by atoms with E-state index in [-0.39, 0.29) is 17.9 Å². The Morgan fingerprint density at radius 2 is 2.05 bits per heavy atom. The first-order valence-electron chi connectivity index (χ1n) is 6.97. The van der Waals surface area contributed by atoms with Gasteiger partial charge in [-0.1, -0.05) is 11.6 Å². The van der Waals surface area contributed by atoms with E-state index in [1.54, 1.807) is 17.0 Å². The Morgan fingerprint density at radius 3 is 2.71 bits per heavy atom. The van der Waals surface area contributed by atoms with E-state index in [4.69, 9.17) is 11.6 Å². The fourth-order valence-corrected chi connectivity index (χ4v) is 3.37. The maximum Gasteiger partial charge on any atom is 0.256 e. The second-order valence-corrected chi connectivity index (χ2v) is 6.40. The van der Waals surface area contributed by atoms with Crippen LogP contribution in [-0.4, -0.2) is 54.3 Å². The highest BCUT2D eigenvalue weighted by atomic mass is 35.5. The topological polar surface area (TPSA) is 52.7 Å². The molecule has 2 amide bonds. The second kappa shape index (κ2) is 5.00. The second-order valence-electron chi connectivity index (χ2n) is 5.96. The van der Waals surface area contributed by atoms with Crippen molar-refractivity contribution in [1.82, 2.24) is 9.80 Å². The van der Waals surface area contributed by atoms with E-state index in [0.29, 0.717) is 29.2 Å². The Kier molecular flexibility index (Phi) is 3.42. The predicted molar refractivity (Wildman–Crippen MR) is 81.7 cm³/mol. The quantitative estimate of drug-likeness (QED) is 0.860. The number of hydrogen-bond donors (Lipinski definition) is 1. The van der Waals surface area contributed by atoms with Gasteiger partial charge in [-0.15, -0.1) is 0 Å². The molecule has 1 N–H and O–H groups in total. The number of benzene rings is 1. The summed E-state index contributed by atoms with van der Waals surface area (Å²) >= 11 is 6.07. The van der Waals surface area contributed by atoms with Crippen LogP contribution in [0.2, 0.25) is 5.02 Å². The molecule has 0 unspecified atom stereocenters. The number of halogens is 1. The van der Waals surface area contributed by atoms with Gasteiger partial charge in [0.25, 0.3) is 5.91 Å². The smallest absolute Gasteiger partial charge is 0.256 e. The summed E-state index contributed by atoms with van der Waals surface area (Å²) in [6, 6.07) is 3.19. The van der Waals surface area contributed by atoms with Crippen molar-refractivity contribution in [1.29, 1.82) is 0 Å². The summed E-state index contributed by atoms with van der Waals surface area (Å²) in [4.78, 5) is 29.0. The Hall–Kier alpha value is -1.59. The lowest BCUT2D eigenvalue weighted by Crippen LogP contribution is -2.40. The van der Waals surface area contributed by atoms with Crippen molar-refractivity contribution >= 4 is 29.1 Å². The number of nitrogens with one attached hydrogen (secondary N) is 1. The maximum atomic E-state index is 12.8. The van der Waals surface area contributed by atoms with Crippen LogP contribution in [0.3, 0.4) is 0 Å². The number of anilines is 1. The summed E-state index contributed by atoms with van der Waals surface area (Å²) in [6.45, 7) is 2.41. The molecule has 112 valence electrons. The molecule has 2 aliphatic rings. The van der Waals surface area contributed by atoms with Crippen LogP contribution in [0.1, 0.15) is 22.3 Å². The van der Waals surface area contributed by atoms with Crippen molar-refractivity contribution < 1.29 is 9.59 Å². The van der Waals surface area contributed by atoms with Gasteiger partial charge in [0.05, 0.1) is 11.3 Å². The molecule has 1 aromatic carbocycles. The van der Waals surface area contributed by atoms with Gasteiger partial charge in [-0.25, -0.2) is 0 Å². The molecular formula is C15H18ClN3O2. The summed E-state index contributed by atoms with van der Waals surface area (Å²) in [5.41, 5.74) is 1.88. The minimum Gasteiger partial charge on any atom is -0.325 e. The lowest BCUT2D eigenvalue weighted by molar-refractivity contribution is -0.119. The number of nitrogens with zero attached hydrogens (tertiary/aromatic N) is 2. The minimum absolute atomic E-state index is 0.114. The van der Waals surface area contributed by atoms with E-state index in [1.807, 2.05) is 21.0 Å². The summed E-state index contributed by atoms with van der Waals surface area (Å²) in [5.74, 6) is -0.236. The molecule has 0 saturated carbocycles. The van der Waals surface area contributed by atoms with Crippen LogP contribution >= 0.6 is 11.6 Å². The molecule has 5 nitrogen and oxygen atoms in total. The largest absolute Gasteiger partial charge is 0.325 e. The van der Waals surface area contributed by atoms with Crippen molar-refractivity contribution in [2.45, 2.75) is 25.4 Å². The van der Waals surface area contributed by atoms with Crippen molar-refractivity contribution in [3.63, 3.8) is 0 Å². The maximum absolute atomic E-state index is 12.8. The van der Waals surface area contributed by atoms with E-state index >= 15 is 0 Å². The van der Waals surface area contributed by atoms with E-state index in [1.165, 1.54) is 0 Å². The Bertz CT molecular complexity index is 630. The third-order valence-corrected chi connectivity index (χ3v) is 4.57. The molecule has 0 spiro atoms. The molecule has 0 aliphatic carbocycles. The van der Waals surface area contributed by atoms with Crippen LogP contribution < -0.4 is 5.32 Å². The highest BCUT2D eigenvalue weighted by Crippen LogP contribution is 2.33. The molecule has 2 aliphatic heterocycles. The first kappa shape index (κ1) is 14.4. The summed E-state index contributed by atoms with van der Waals surface area (Å²) < 4.78 is 0. The van der Waals surface area contributed by atoms with Crippen LogP contribution in [0, 0.1) is 6.92 Å². The van der Waals surface area contributed by atoms with Crippen LogP contribution in [0.15, 0.2) is 12.1 Å². The molecule has 1 aromatic rings. The highest BCUT2D eigenvalue weighted by Gasteiger charge is 2.43. The van der Waals surface area contributed by atoms with Gasteiger partial charge < -0.3 is 15.1 Å². The predicted octanol–water partition coefficient (Wildman–Crippen LogP) is 1.75. The molecule has 3 rings (SSSR count). The van der Waals surface area contributed by atoms with E-state index in [0.717, 1.165) is 5.56 Å². The normalized spacial score (nSPS) is 24.7. The zero-order chi connectivity index (χ0) is 15.3. The van der Waals surface area contributed by atoms with Crippen molar-refractivity contribution in [3.05, 3.63) is 28.3 Å². The Labute approximate surface area is 128 Å². The van der Waals surface area contributed by atoms with Gasteiger partial charge in [0.1, 0.15) is 6.04 Å². The van der Waals surface area contributed by atoms with Gasteiger partial charge in [0.2, 0.25) is 5.91 Å². The van der Waals surface area contributed by atoms with Gasteiger partial charge in [-0.2, -0.15) is 0 Å². The number of likely N-dealkylation sites (N-methyl/N-ethyl adjacent to an activating group) is 1. The summed E-state index contributed by atoms with van der Waals surface area (Å²) in [6.07, 6.45) is 0.658. The third-order valence-electron chi connectivity index (χ3n) is 4.35. The van der Waals surface area contributed by atoms with Crippen LogP contribution in [0.25, 0.3) is 0 Å². The number of carbonyl (C=O) groups is 2. The lowest BCUT2D eigenvalue weighted by Gasteiger charge is -2.21. The Balaban J connectivity index is 2.05. The van der Waals surface area contributed by atoms with Crippen molar-refractivity contribution in [3.8, 4) is 0 Å². The molecule has 0 aromatic heterocycles. The van der Waals surface area contributed by atoms with Crippen LogP contribution in [0.5, 0.6) is 0 Å². The summed E-state index contributed by atoms with van der Waals surface area (Å²) in [7, 11) is 3.93. The first-order chi connectivity index (χ1) is 9.88. The monoisotopic (exact) mass is 307 g/mol. The fraction of sp³-hybridized carbons (Fsp3) is 0.467. The number of amides is 2. The number of hydrogen-bond acceptors (Lipinski definition) is 3. The zero-order valence-corrected chi connectivity index (χ0v) is 13.1. The van der Waals surface area contributed by atoms with Crippen molar-refractivity contribution in [2.75, 3.05) is 26.0 Å². The molecule has 0 radical (unpaired) electrons. The van der Waals surface area contributed by atoms with Crippen LogP contribution in [-0.2, 0) is 4.79 Å². The zero-order valence-electron chi connectivity index (χ0n) is 12.3. The minimum atomic E-state index is -0.407. The standard InChI is InChI=1S/C15H18ClN3O2/c1-8-4-9(16)5-11-13(8)17-14(20)12-6-10(18(2)3)7-19(12)15(11)21/h4-5,10,12H,6-7H2,1-3H3,(H,17,20)/t10-,12+/m1/s1. The SMILES string of the molecule is Cc1cc(Cl)cc2c1NC(=O)[C@@H]1C[C@@H](N(C)C)CN1C2=O. The molecule has 1 fully saturated rings. The number of aryl methyl sites for hydroxylation is 1. The van der Waals surface area contributed by atoms with Gasteiger partial charge in [0.15, 0.2) is 0 Å². The highest BCUT2D eigenvalue weighted by molar-refractivity contribution is 6.31. The molecule has 0 bridgehead atoms. The van der Waals surface area contributed by atoms with E-state index < -0.39 is 6.04 Å². The average molecular weight is 308 g/mol. The fourth-order valence-electron chi connectivity index (χ4n) is 3.10. The van der Waals surface area contributed by atoms with Gasteiger partial charge >= 0.3 is 0 Å². The molecule has 1 saturated heterocycles. The van der Waals surface area contributed by atoms with Crippen molar-refractivity contribution in [2.24, 2.45) is 0 Å². The average Bonchev–Trinajstić information content (AvgIpc) is 2.82. The summed E-state index contributed by atoms with van der Waals surface area (Å²) in [5, 5.41) is 3.41. The van der Waals surface area contributed by atoms with Crippen LogP contribution in [0.4, 0.5) is 5.69 Å². The van der Waals surface area contributed by atoms with E-state index in [2.05, 4.69) is 10.2 Å². The molecule has 2 atom stereocenters. The van der Waals surface area contributed by atoms with Gasteiger partial charge in [-0.05, 0) is 45.1 Å². The first-order valence-corrected chi connectivity index (χ1v) is 7.34. The molecule has 2 heterocycles. The Morgan fingerprint density at radius 1 is 1.33 bits per heavy atom. The number of fused-ring (bicyclic) bond motifs is 2. The lowest BCUT2D eigenvalue weighted by atomic mass is 10.1. The number of rotatable bonds is 1. The van der Waals surface area contributed by atoms with Gasteiger partial charge in [-0.3, -0.25) is 9.59 Å².